The molecule has 108 valence electrons. The van der Waals surface area contributed by atoms with Crippen molar-refractivity contribution >= 4 is 21.4 Å². The van der Waals surface area contributed by atoms with Gasteiger partial charge in [-0.05, 0) is 13.0 Å². The average molecular weight is 314 g/mol. The van der Waals surface area contributed by atoms with Crippen LogP contribution in [-0.2, 0) is 16.6 Å². The number of aryl methyl sites for hydroxylation is 1. The number of rotatable bonds is 4. The third-order valence-corrected chi connectivity index (χ3v) is 6.20. The molecular formula is C12H14N2O4S2. The molecule has 1 aromatic carbocycles. The molecule has 2 aromatic rings. The molecule has 0 unspecified atom stereocenters. The van der Waals surface area contributed by atoms with Gasteiger partial charge in [0.15, 0.2) is 4.21 Å². The molecule has 0 aliphatic heterocycles. The first-order valence-electron chi connectivity index (χ1n) is 5.75. The number of para-hydroxylation sites is 1. The number of benzene rings is 1. The zero-order chi connectivity index (χ0) is 14.9. The summed E-state index contributed by atoms with van der Waals surface area (Å²) >= 11 is 0.661. The van der Waals surface area contributed by atoms with Crippen LogP contribution in [0.15, 0.2) is 33.3 Å². The Morgan fingerprint density at radius 1 is 1.35 bits per heavy atom. The van der Waals surface area contributed by atoms with Crippen LogP contribution in [0.3, 0.4) is 0 Å². The fraction of sp³-hybridized carbons (Fsp3) is 0.250. The second kappa shape index (κ2) is 5.39. The van der Waals surface area contributed by atoms with Crippen molar-refractivity contribution in [1.82, 2.24) is 9.29 Å². The van der Waals surface area contributed by atoms with E-state index in [2.05, 4.69) is 4.98 Å². The Kier molecular flexibility index (Phi) is 3.98. The first-order valence-corrected chi connectivity index (χ1v) is 8.01. The summed E-state index contributed by atoms with van der Waals surface area (Å²) in [5.41, 5.74) is 0.822. The van der Waals surface area contributed by atoms with Crippen molar-refractivity contribution in [3.8, 4) is 5.75 Å². The predicted octanol–water partition coefficient (Wildman–Crippen LogP) is 1.27. The average Bonchev–Trinajstić information content (AvgIpc) is 2.72. The second-order valence-electron chi connectivity index (χ2n) is 4.32. The topological polar surface area (TPSA) is 90.5 Å². The molecule has 1 aromatic heterocycles. The highest BCUT2D eigenvalue weighted by molar-refractivity contribution is 7.91. The lowest BCUT2D eigenvalue weighted by Crippen LogP contribution is -2.26. The van der Waals surface area contributed by atoms with Crippen LogP contribution in [0.5, 0.6) is 5.75 Å². The first-order chi connectivity index (χ1) is 9.32. The van der Waals surface area contributed by atoms with E-state index < -0.39 is 14.9 Å². The van der Waals surface area contributed by atoms with Gasteiger partial charge in [0.2, 0.25) is 0 Å². The van der Waals surface area contributed by atoms with Crippen molar-refractivity contribution in [1.29, 1.82) is 0 Å². The number of nitrogens with one attached hydrogen (secondary N) is 1. The molecule has 1 heterocycles. The number of phenols is 1. The van der Waals surface area contributed by atoms with E-state index in [4.69, 9.17) is 0 Å². The molecule has 0 bridgehead atoms. The van der Waals surface area contributed by atoms with Crippen LogP contribution in [0.1, 0.15) is 11.3 Å². The number of H-pyrrole nitrogens is 1. The Bertz CT molecular complexity index is 777. The lowest BCUT2D eigenvalue weighted by Gasteiger charge is -2.17. The lowest BCUT2D eigenvalue weighted by molar-refractivity contribution is 0.436. The van der Waals surface area contributed by atoms with Gasteiger partial charge in [-0.15, -0.1) is 0 Å². The van der Waals surface area contributed by atoms with Crippen LogP contribution in [0.4, 0.5) is 0 Å². The van der Waals surface area contributed by atoms with E-state index >= 15 is 0 Å². The summed E-state index contributed by atoms with van der Waals surface area (Å²) in [4.78, 5) is 13.3. The highest BCUT2D eigenvalue weighted by Crippen LogP contribution is 2.24. The van der Waals surface area contributed by atoms with Crippen molar-refractivity contribution in [3.05, 3.63) is 45.2 Å². The number of aromatic nitrogens is 1. The Morgan fingerprint density at radius 3 is 2.55 bits per heavy atom. The van der Waals surface area contributed by atoms with Crippen LogP contribution in [0, 0.1) is 6.92 Å². The van der Waals surface area contributed by atoms with Gasteiger partial charge in [0.05, 0.1) is 0 Å². The van der Waals surface area contributed by atoms with E-state index in [-0.39, 0.29) is 16.5 Å². The van der Waals surface area contributed by atoms with Gasteiger partial charge in [-0.3, -0.25) is 4.79 Å². The minimum Gasteiger partial charge on any atom is -0.508 e. The minimum atomic E-state index is -3.75. The molecule has 0 saturated heterocycles. The number of nitrogens with zero attached hydrogens (tertiary/aromatic N) is 1. The number of sulfonamides is 1. The summed E-state index contributed by atoms with van der Waals surface area (Å²) in [6.45, 7) is 1.57. The summed E-state index contributed by atoms with van der Waals surface area (Å²) in [5.74, 6) is 0.0357. The smallest absolute Gasteiger partial charge is 0.305 e. The largest absolute Gasteiger partial charge is 0.508 e. The maximum absolute atomic E-state index is 12.4. The lowest BCUT2D eigenvalue weighted by atomic mass is 10.2. The van der Waals surface area contributed by atoms with E-state index in [0.29, 0.717) is 22.6 Å². The Morgan fingerprint density at radius 2 is 2.00 bits per heavy atom. The third kappa shape index (κ3) is 2.77. The Labute approximate surface area is 120 Å². The number of aromatic hydroxyl groups is 1. The van der Waals surface area contributed by atoms with Crippen LogP contribution in [0.25, 0.3) is 0 Å². The summed E-state index contributed by atoms with van der Waals surface area (Å²) in [6, 6.07) is 6.52. The molecule has 0 atom stereocenters. The van der Waals surface area contributed by atoms with Crippen molar-refractivity contribution in [2.45, 2.75) is 17.7 Å². The van der Waals surface area contributed by atoms with Crippen molar-refractivity contribution in [2.24, 2.45) is 0 Å². The van der Waals surface area contributed by atoms with Crippen LogP contribution >= 0.6 is 11.3 Å². The summed E-state index contributed by atoms with van der Waals surface area (Å²) in [7, 11) is -2.35. The molecule has 20 heavy (non-hydrogen) atoms. The molecule has 0 amide bonds. The van der Waals surface area contributed by atoms with Gasteiger partial charge < -0.3 is 10.1 Å². The van der Waals surface area contributed by atoms with Gasteiger partial charge in [0.1, 0.15) is 5.75 Å². The minimum absolute atomic E-state index is 0.000390. The molecule has 0 aliphatic carbocycles. The number of phenolic OH excluding ortho intramolecular Hbond substituents is 1. The first kappa shape index (κ1) is 14.8. The summed E-state index contributed by atoms with van der Waals surface area (Å²) < 4.78 is 25.9. The fourth-order valence-electron chi connectivity index (χ4n) is 1.75. The van der Waals surface area contributed by atoms with Crippen molar-refractivity contribution in [2.75, 3.05) is 7.05 Å². The Balaban J connectivity index is 2.33. The third-order valence-electron chi connectivity index (χ3n) is 2.81. The molecule has 6 nitrogen and oxygen atoms in total. The maximum Gasteiger partial charge on any atom is 0.305 e. The monoisotopic (exact) mass is 314 g/mol. The Hall–Kier alpha value is -1.64. The summed E-state index contributed by atoms with van der Waals surface area (Å²) in [5, 5.41) is 9.68. The molecular weight excluding hydrogens is 300 g/mol. The zero-order valence-electron chi connectivity index (χ0n) is 11.0. The van der Waals surface area contributed by atoms with E-state index in [1.807, 2.05) is 0 Å². The molecule has 2 rings (SSSR count). The number of hydrogen-bond donors (Lipinski definition) is 2. The molecule has 0 radical (unpaired) electrons. The van der Waals surface area contributed by atoms with Gasteiger partial charge in [-0.25, -0.2) is 8.42 Å². The van der Waals surface area contributed by atoms with Gasteiger partial charge in [0, 0.05) is 24.8 Å². The highest BCUT2D eigenvalue weighted by atomic mass is 32.2. The van der Waals surface area contributed by atoms with E-state index in [1.165, 1.54) is 13.1 Å². The van der Waals surface area contributed by atoms with E-state index in [0.717, 1.165) is 4.31 Å². The van der Waals surface area contributed by atoms with Crippen LogP contribution < -0.4 is 4.87 Å². The molecule has 0 fully saturated rings. The second-order valence-corrected chi connectivity index (χ2v) is 7.54. The zero-order valence-corrected chi connectivity index (χ0v) is 12.6. The van der Waals surface area contributed by atoms with Gasteiger partial charge >= 0.3 is 4.87 Å². The number of hydrogen-bond acceptors (Lipinski definition) is 5. The van der Waals surface area contributed by atoms with Gasteiger partial charge in [-0.2, -0.15) is 4.31 Å². The van der Waals surface area contributed by atoms with Gasteiger partial charge in [0.25, 0.3) is 10.0 Å². The van der Waals surface area contributed by atoms with Crippen LogP contribution in [-0.4, -0.2) is 29.9 Å². The quantitative estimate of drug-likeness (QED) is 0.889. The molecule has 8 heteroatoms. The standard InChI is InChI=1S/C12H14N2O4S2/c1-8-11(19-12(16)13-8)20(17,18)14(2)7-9-5-3-4-6-10(9)15/h3-6,15H,7H2,1-2H3,(H,13,16). The van der Waals surface area contributed by atoms with Gasteiger partial charge in [-0.1, -0.05) is 29.5 Å². The fourth-order valence-corrected chi connectivity index (χ4v) is 4.38. The SMILES string of the molecule is Cc1[nH]c(=O)sc1S(=O)(=O)N(C)Cc1ccccc1O. The van der Waals surface area contributed by atoms with E-state index in [9.17, 15) is 18.3 Å². The maximum atomic E-state index is 12.4. The molecule has 0 saturated carbocycles. The predicted molar refractivity (Wildman–Crippen MR) is 76.4 cm³/mol. The molecule has 0 aliphatic rings. The normalized spacial score (nSPS) is 11.9. The van der Waals surface area contributed by atoms with Crippen molar-refractivity contribution < 1.29 is 13.5 Å². The highest BCUT2D eigenvalue weighted by Gasteiger charge is 2.26. The van der Waals surface area contributed by atoms with E-state index in [1.54, 1.807) is 25.1 Å². The van der Waals surface area contributed by atoms with Crippen LogP contribution in [0.2, 0.25) is 0 Å². The van der Waals surface area contributed by atoms with Crippen molar-refractivity contribution in [3.63, 3.8) is 0 Å². The number of thiazole rings is 1. The summed E-state index contributed by atoms with van der Waals surface area (Å²) in [6.07, 6.45) is 0. The molecule has 0 spiro atoms. The number of aromatic amines is 1. The molecule has 2 N–H and O–H groups in total.